The molecule has 0 bridgehead atoms. The Hall–Kier alpha value is -1.33. The molecule has 0 fully saturated rings. The molecule has 0 amide bonds. The first-order chi connectivity index (χ1) is 10.9. The van der Waals surface area contributed by atoms with Crippen molar-refractivity contribution in [1.82, 2.24) is 0 Å². The Kier molecular flexibility index (Phi) is 7.79. The molecular formula is C17H18ClF3OS. The molecule has 0 unspecified atom stereocenters. The molecule has 23 heavy (non-hydrogen) atoms. The predicted molar refractivity (Wildman–Crippen MR) is 90.7 cm³/mol. The molecule has 0 saturated heterocycles. The number of alkyl halides is 2. The highest BCUT2D eigenvalue weighted by Gasteiger charge is 2.20. The van der Waals surface area contributed by atoms with Crippen LogP contribution in [0, 0.1) is 12.7 Å². The summed E-state index contributed by atoms with van der Waals surface area (Å²) in [5, 5.41) is 0.140. The summed E-state index contributed by atoms with van der Waals surface area (Å²) < 4.78 is 45.2. The molecule has 2 rings (SSSR count). The molecule has 1 nitrogen and oxygen atoms in total. The van der Waals surface area contributed by atoms with Gasteiger partial charge in [0, 0.05) is 16.0 Å². The maximum atomic E-state index is 13.3. The van der Waals surface area contributed by atoms with E-state index in [0.717, 1.165) is 17.0 Å². The number of rotatable bonds is 4. The lowest BCUT2D eigenvalue weighted by Crippen LogP contribution is -1.97. The minimum atomic E-state index is -2.68. The fourth-order valence-electron chi connectivity index (χ4n) is 1.98. The normalized spacial score (nSPS) is 10.3. The van der Waals surface area contributed by atoms with Gasteiger partial charge in [-0.2, -0.15) is 0 Å². The molecule has 0 aromatic heterocycles. The van der Waals surface area contributed by atoms with Crippen LogP contribution in [0.4, 0.5) is 13.2 Å². The van der Waals surface area contributed by atoms with E-state index in [0.29, 0.717) is 5.56 Å². The van der Waals surface area contributed by atoms with E-state index >= 15 is 0 Å². The third-order valence-electron chi connectivity index (χ3n) is 2.93. The van der Waals surface area contributed by atoms with E-state index in [-0.39, 0.29) is 22.1 Å². The third-order valence-corrected chi connectivity index (χ3v) is 4.03. The van der Waals surface area contributed by atoms with Gasteiger partial charge in [0.15, 0.2) is 0 Å². The van der Waals surface area contributed by atoms with Crippen LogP contribution in [0.1, 0.15) is 31.4 Å². The van der Waals surface area contributed by atoms with Gasteiger partial charge in [-0.25, -0.2) is 13.2 Å². The predicted octanol–water partition coefficient (Wildman–Crippen LogP) is 7.27. The molecule has 6 heteroatoms. The molecular weight excluding hydrogens is 345 g/mol. The van der Waals surface area contributed by atoms with Crippen molar-refractivity contribution in [2.75, 3.05) is 6.26 Å². The zero-order valence-electron chi connectivity index (χ0n) is 13.3. The van der Waals surface area contributed by atoms with Crippen molar-refractivity contribution in [3.05, 3.63) is 52.3 Å². The first-order valence-electron chi connectivity index (χ1n) is 7.02. The molecule has 0 aliphatic heterocycles. The van der Waals surface area contributed by atoms with Gasteiger partial charge in [0.05, 0.1) is 5.56 Å². The Morgan fingerprint density at radius 2 is 1.78 bits per heavy atom. The molecule has 0 atom stereocenters. The number of halogens is 4. The standard InChI is InChI=1S/C15H12ClF3OS.C2H6/c1-8-13(21-2)4-3-12(14(8)15(18)19)20-11-6-9(16)5-10(17)7-11;1-2/h3-7,15H,1-2H3;1-2H3. The lowest BCUT2D eigenvalue weighted by molar-refractivity contribution is 0.147. The van der Waals surface area contributed by atoms with Crippen molar-refractivity contribution in [3.8, 4) is 11.5 Å². The van der Waals surface area contributed by atoms with Gasteiger partial charge in [-0.05, 0) is 43.0 Å². The number of hydrogen-bond acceptors (Lipinski definition) is 2. The van der Waals surface area contributed by atoms with Gasteiger partial charge in [-0.1, -0.05) is 25.4 Å². The van der Waals surface area contributed by atoms with Crippen molar-refractivity contribution < 1.29 is 17.9 Å². The Morgan fingerprint density at radius 1 is 1.13 bits per heavy atom. The molecule has 0 radical (unpaired) electrons. The van der Waals surface area contributed by atoms with Crippen LogP contribution in [-0.4, -0.2) is 6.26 Å². The van der Waals surface area contributed by atoms with Crippen LogP contribution in [0.2, 0.25) is 5.02 Å². The minimum absolute atomic E-state index is 0.00182. The van der Waals surface area contributed by atoms with Crippen molar-refractivity contribution in [1.29, 1.82) is 0 Å². The van der Waals surface area contributed by atoms with Gasteiger partial charge < -0.3 is 4.74 Å². The van der Waals surface area contributed by atoms with Crippen molar-refractivity contribution >= 4 is 23.4 Å². The summed E-state index contributed by atoms with van der Waals surface area (Å²) in [6, 6.07) is 6.74. The van der Waals surface area contributed by atoms with Crippen LogP contribution in [0.3, 0.4) is 0 Å². The van der Waals surface area contributed by atoms with Gasteiger partial charge in [-0.3, -0.25) is 0 Å². The lowest BCUT2D eigenvalue weighted by atomic mass is 10.1. The molecule has 2 aromatic rings. The molecule has 126 valence electrons. The van der Waals surface area contributed by atoms with Gasteiger partial charge in [0.2, 0.25) is 0 Å². The second-order valence-electron chi connectivity index (χ2n) is 4.31. The molecule has 0 saturated carbocycles. The summed E-state index contributed by atoms with van der Waals surface area (Å²) in [7, 11) is 0. The van der Waals surface area contributed by atoms with E-state index in [4.69, 9.17) is 16.3 Å². The van der Waals surface area contributed by atoms with E-state index in [1.165, 1.54) is 23.9 Å². The van der Waals surface area contributed by atoms with Crippen LogP contribution in [0.5, 0.6) is 11.5 Å². The number of thioether (sulfide) groups is 1. The van der Waals surface area contributed by atoms with Crippen molar-refractivity contribution in [3.63, 3.8) is 0 Å². The van der Waals surface area contributed by atoms with Crippen LogP contribution < -0.4 is 4.74 Å². The average Bonchev–Trinajstić information content (AvgIpc) is 2.48. The second-order valence-corrected chi connectivity index (χ2v) is 5.60. The fraction of sp³-hybridized carbons (Fsp3) is 0.294. The maximum absolute atomic E-state index is 13.3. The zero-order chi connectivity index (χ0) is 17.6. The van der Waals surface area contributed by atoms with Crippen LogP contribution in [-0.2, 0) is 0 Å². The number of benzene rings is 2. The van der Waals surface area contributed by atoms with E-state index in [1.807, 2.05) is 20.1 Å². The van der Waals surface area contributed by atoms with E-state index in [2.05, 4.69) is 0 Å². The highest BCUT2D eigenvalue weighted by atomic mass is 35.5. The molecule has 0 aliphatic carbocycles. The van der Waals surface area contributed by atoms with Gasteiger partial charge in [0.25, 0.3) is 6.43 Å². The molecule has 2 aromatic carbocycles. The minimum Gasteiger partial charge on any atom is -0.457 e. The smallest absolute Gasteiger partial charge is 0.267 e. The fourth-order valence-corrected chi connectivity index (χ4v) is 2.81. The lowest BCUT2D eigenvalue weighted by Gasteiger charge is -2.15. The Morgan fingerprint density at radius 3 is 2.30 bits per heavy atom. The number of hydrogen-bond donors (Lipinski definition) is 0. The molecule has 0 heterocycles. The molecule has 0 aliphatic rings. The summed E-state index contributed by atoms with van der Waals surface area (Å²) in [5.74, 6) is -0.506. The quantitative estimate of drug-likeness (QED) is 0.529. The van der Waals surface area contributed by atoms with E-state index in [9.17, 15) is 13.2 Å². The van der Waals surface area contributed by atoms with Gasteiger partial charge in [0.1, 0.15) is 17.3 Å². The number of ether oxygens (including phenoxy) is 1. The first-order valence-corrected chi connectivity index (χ1v) is 8.62. The average molecular weight is 363 g/mol. The maximum Gasteiger partial charge on any atom is 0.267 e. The second kappa shape index (κ2) is 9.08. The highest BCUT2D eigenvalue weighted by molar-refractivity contribution is 7.98. The third kappa shape index (κ3) is 5.08. The Bertz CT molecular complexity index is 642. The molecule has 0 N–H and O–H groups in total. The van der Waals surface area contributed by atoms with Gasteiger partial charge >= 0.3 is 0 Å². The SMILES string of the molecule is CC.CSc1ccc(Oc2cc(F)cc(Cl)c2)c(C(F)F)c1C. The van der Waals surface area contributed by atoms with E-state index < -0.39 is 12.2 Å². The summed E-state index contributed by atoms with van der Waals surface area (Å²) in [6.45, 7) is 5.61. The van der Waals surface area contributed by atoms with Gasteiger partial charge in [-0.15, -0.1) is 11.8 Å². The van der Waals surface area contributed by atoms with Crippen LogP contribution in [0.15, 0.2) is 35.2 Å². The van der Waals surface area contributed by atoms with Crippen molar-refractivity contribution in [2.24, 2.45) is 0 Å². The summed E-state index contributed by atoms with van der Waals surface area (Å²) in [5.41, 5.74) is 0.264. The monoisotopic (exact) mass is 362 g/mol. The van der Waals surface area contributed by atoms with Crippen LogP contribution >= 0.6 is 23.4 Å². The topological polar surface area (TPSA) is 9.23 Å². The summed E-state index contributed by atoms with van der Waals surface area (Å²) >= 11 is 7.10. The molecule has 0 spiro atoms. The summed E-state index contributed by atoms with van der Waals surface area (Å²) in [4.78, 5) is 0.745. The highest BCUT2D eigenvalue weighted by Crippen LogP contribution is 2.39. The zero-order valence-corrected chi connectivity index (χ0v) is 14.9. The van der Waals surface area contributed by atoms with Crippen molar-refractivity contribution in [2.45, 2.75) is 32.1 Å². The largest absolute Gasteiger partial charge is 0.457 e. The summed E-state index contributed by atoms with van der Waals surface area (Å²) in [6.07, 6.45) is -0.874. The van der Waals surface area contributed by atoms with Crippen LogP contribution in [0.25, 0.3) is 0 Å². The Labute approximate surface area is 143 Å². The first kappa shape index (κ1) is 19.7. The Balaban J connectivity index is 0.00000127. The van der Waals surface area contributed by atoms with E-state index in [1.54, 1.807) is 13.0 Å².